The van der Waals surface area contributed by atoms with Gasteiger partial charge in [0, 0.05) is 19.3 Å². The molecule has 6 nitrogen and oxygen atoms in total. The summed E-state index contributed by atoms with van der Waals surface area (Å²) in [6, 6.07) is 3.03. The van der Waals surface area contributed by atoms with E-state index in [1.165, 1.54) is 6.07 Å². The monoisotopic (exact) mass is 283 g/mol. The second-order valence-electron chi connectivity index (χ2n) is 4.35. The van der Waals surface area contributed by atoms with E-state index in [0.717, 1.165) is 6.42 Å². The number of hydrogen-bond acceptors (Lipinski definition) is 5. The Labute approximate surface area is 112 Å². The number of nitrogens with two attached hydrogens (primary N) is 1. The summed E-state index contributed by atoms with van der Waals surface area (Å²) >= 11 is 0. The third kappa shape index (κ3) is 3.31. The molecule has 2 N–H and O–H groups in total. The van der Waals surface area contributed by atoms with Crippen LogP contribution in [-0.4, -0.2) is 39.2 Å². The third-order valence-corrected chi connectivity index (χ3v) is 3.88. The van der Waals surface area contributed by atoms with Gasteiger partial charge in [-0.3, -0.25) is 0 Å². The predicted molar refractivity (Wildman–Crippen MR) is 72.4 cm³/mol. The van der Waals surface area contributed by atoms with E-state index in [1.54, 1.807) is 18.3 Å². The van der Waals surface area contributed by atoms with Crippen molar-refractivity contribution in [3.05, 3.63) is 31.0 Å². The van der Waals surface area contributed by atoms with E-state index in [-0.39, 0.29) is 11.0 Å². The zero-order chi connectivity index (χ0) is 13.9. The van der Waals surface area contributed by atoms with Gasteiger partial charge in [0.25, 0.3) is 0 Å². The summed E-state index contributed by atoms with van der Waals surface area (Å²) in [6.45, 7) is 5.39. The van der Waals surface area contributed by atoms with Gasteiger partial charge in [-0.05, 0) is 18.6 Å². The lowest BCUT2D eigenvalue weighted by molar-refractivity contribution is 0.0908. The molecule has 1 aromatic rings. The van der Waals surface area contributed by atoms with Crippen molar-refractivity contribution in [1.29, 1.82) is 0 Å². The number of hydrogen-bond donors (Lipinski definition) is 1. The molecule has 1 unspecified atom stereocenters. The molecule has 0 aromatic carbocycles. The van der Waals surface area contributed by atoms with Crippen LogP contribution in [0.2, 0.25) is 0 Å². The van der Waals surface area contributed by atoms with Gasteiger partial charge < -0.3 is 9.64 Å². The van der Waals surface area contributed by atoms with Crippen LogP contribution in [0.1, 0.15) is 6.42 Å². The van der Waals surface area contributed by atoms with E-state index >= 15 is 0 Å². The van der Waals surface area contributed by atoms with Gasteiger partial charge in [0.2, 0.25) is 10.0 Å². The van der Waals surface area contributed by atoms with Gasteiger partial charge >= 0.3 is 0 Å². The van der Waals surface area contributed by atoms with Crippen LogP contribution in [0.4, 0.5) is 5.82 Å². The van der Waals surface area contributed by atoms with Crippen molar-refractivity contribution in [3.63, 3.8) is 0 Å². The van der Waals surface area contributed by atoms with E-state index in [2.05, 4.69) is 11.6 Å². The van der Waals surface area contributed by atoms with Gasteiger partial charge in [-0.2, -0.15) is 0 Å². The molecule has 0 radical (unpaired) electrons. The summed E-state index contributed by atoms with van der Waals surface area (Å²) in [5.41, 5.74) is 0. The lowest BCUT2D eigenvalue weighted by atomic mass is 10.3. The highest BCUT2D eigenvalue weighted by Crippen LogP contribution is 2.25. The summed E-state index contributed by atoms with van der Waals surface area (Å²) in [6.07, 6.45) is 4.14. The van der Waals surface area contributed by atoms with Crippen LogP contribution in [-0.2, 0) is 14.8 Å². The fraction of sp³-hybridized carbons (Fsp3) is 0.417. The van der Waals surface area contributed by atoms with Crippen LogP contribution in [0, 0.1) is 0 Å². The Bertz CT molecular complexity index is 559. The molecule has 1 aromatic heterocycles. The van der Waals surface area contributed by atoms with E-state index in [9.17, 15) is 8.42 Å². The highest BCUT2D eigenvalue weighted by Gasteiger charge is 2.27. The van der Waals surface area contributed by atoms with Crippen molar-refractivity contribution >= 4 is 15.8 Å². The second kappa shape index (κ2) is 5.68. The maximum absolute atomic E-state index is 11.5. The number of pyridine rings is 1. The molecule has 0 spiro atoms. The number of aromatic nitrogens is 1. The van der Waals surface area contributed by atoms with Crippen LogP contribution >= 0.6 is 0 Å². The average Bonchev–Trinajstić information content (AvgIpc) is 2.84. The first kappa shape index (κ1) is 14.0. The minimum absolute atomic E-state index is 0.0550. The molecule has 0 saturated carbocycles. The normalized spacial score (nSPS) is 19.6. The SMILES string of the molecule is C=CCOC1CCN(c2ncccc2S(N)(=O)=O)C1. The molecular formula is C12H17N3O3S. The van der Waals surface area contributed by atoms with Gasteiger partial charge in [-0.1, -0.05) is 6.08 Å². The number of primary sulfonamides is 1. The molecule has 0 amide bonds. The van der Waals surface area contributed by atoms with Crippen LogP contribution in [0.5, 0.6) is 0 Å². The minimum atomic E-state index is -3.77. The lowest BCUT2D eigenvalue weighted by Crippen LogP contribution is -2.26. The Balaban J connectivity index is 2.18. The minimum Gasteiger partial charge on any atom is -0.372 e. The molecule has 1 aliphatic rings. The van der Waals surface area contributed by atoms with Gasteiger partial charge in [0.15, 0.2) is 0 Å². The van der Waals surface area contributed by atoms with Crippen LogP contribution < -0.4 is 10.0 Å². The Morgan fingerprint density at radius 2 is 2.42 bits per heavy atom. The first-order valence-corrected chi connectivity index (χ1v) is 7.52. The highest BCUT2D eigenvalue weighted by atomic mass is 32.2. The third-order valence-electron chi connectivity index (χ3n) is 2.95. The fourth-order valence-electron chi connectivity index (χ4n) is 2.10. The second-order valence-corrected chi connectivity index (χ2v) is 5.88. The topological polar surface area (TPSA) is 85.5 Å². The Morgan fingerprint density at radius 3 is 3.11 bits per heavy atom. The Morgan fingerprint density at radius 1 is 1.63 bits per heavy atom. The molecule has 1 saturated heterocycles. The van der Waals surface area contributed by atoms with Gasteiger partial charge in [0.1, 0.15) is 10.7 Å². The maximum atomic E-state index is 11.5. The van der Waals surface area contributed by atoms with Crippen LogP contribution in [0.15, 0.2) is 35.9 Å². The highest BCUT2D eigenvalue weighted by molar-refractivity contribution is 7.89. The number of ether oxygens (including phenoxy) is 1. The smallest absolute Gasteiger partial charge is 0.241 e. The number of anilines is 1. The van der Waals surface area contributed by atoms with Crippen molar-refractivity contribution in [2.75, 3.05) is 24.6 Å². The zero-order valence-corrected chi connectivity index (χ0v) is 11.3. The Kier molecular flexibility index (Phi) is 4.18. The molecule has 1 atom stereocenters. The van der Waals surface area contributed by atoms with E-state index in [4.69, 9.17) is 9.88 Å². The number of rotatable bonds is 5. The molecule has 1 fully saturated rings. The van der Waals surface area contributed by atoms with E-state index in [0.29, 0.717) is 25.5 Å². The Hall–Kier alpha value is -1.44. The molecule has 7 heteroatoms. The molecule has 0 bridgehead atoms. The van der Waals surface area contributed by atoms with E-state index in [1.807, 2.05) is 4.90 Å². The standard InChI is InChI=1S/C12H17N3O3S/c1-2-8-18-10-5-7-15(9-10)12-11(19(13,16)17)4-3-6-14-12/h2-4,6,10H,1,5,7-9H2,(H2,13,16,17). The number of nitrogens with zero attached hydrogens (tertiary/aromatic N) is 2. The van der Waals surface area contributed by atoms with Gasteiger partial charge in [-0.15, -0.1) is 6.58 Å². The summed E-state index contributed by atoms with van der Waals surface area (Å²) in [5.74, 6) is 0.398. The van der Waals surface area contributed by atoms with Crippen LogP contribution in [0.25, 0.3) is 0 Å². The van der Waals surface area contributed by atoms with E-state index < -0.39 is 10.0 Å². The summed E-state index contributed by atoms with van der Waals surface area (Å²) < 4.78 is 28.6. The van der Waals surface area contributed by atoms with Crippen LogP contribution in [0.3, 0.4) is 0 Å². The quantitative estimate of drug-likeness (QED) is 0.796. The lowest BCUT2D eigenvalue weighted by Gasteiger charge is -2.19. The molecule has 1 aliphatic heterocycles. The van der Waals surface area contributed by atoms with Crippen molar-refractivity contribution < 1.29 is 13.2 Å². The maximum Gasteiger partial charge on any atom is 0.241 e. The molecule has 0 aliphatic carbocycles. The molecule has 104 valence electrons. The van der Waals surface area contributed by atoms with Crippen molar-refractivity contribution in [2.24, 2.45) is 5.14 Å². The molecular weight excluding hydrogens is 266 g/mol. The summed E-state index contributed by atoms with van der Waals surface area (Å²) in [4.78, 5) is 6.07. The summed E-state index contributed by atoms with van der Waals surface area (Å²) in [5, 5.41) is 5.20. The molecule has 19 heavy (non-hydrogen) atoms. The molecule has 2 heterocycles. The van der Waals surface area contributed by atoms with Crippen molar-refractivity contribution in [2.45, 2.75) is 17.4 Å². The van der Waals surface area contributed by atoms with Crippen molar-refractivity contribution in [1.82, 2.24) is 4.98 Å². The zero-order valence-electron chi connectivity index (χ0n) is 10.5. The number of sulfonamides is 1. The molecule has 2 rings (SSSR count). The largest absolute Gasteiger partial charge is 0.372 e. The van der Waals surface area contributed by atoms with Crippen molar-refractivity contribution in [3.8, 4) is 0 Å². The average molecular weight is 283 g/mol. The first-order chi connectivity index (χ1) is 9.02. The van der Waals surface area contributed by atoms with Gasteiger partial charge in [0.05, 0.1) is 12.7 Å². The summed E-state index contributed by atoms with van der Waals surface area (Å²) in [7, 11) is -3.77. The fourth-order valence-corrected chi connectivity index (χ4v) is 2.81. The van der Waals surface area contributed by atoms with Gasteiger partial charge in [-0.25, -0.2) is 18.5 Å². The first-order valence-electron chi connectivity index (χ1n) is 5.97. The predicted octanol–water partition coefficient (Wildman–Crippen LogP) is 0.510.